The second-order valence-corrected chi connectivity index (χ2v) is 7.66. The third-order valence-corrected chi connectivity index (χ3v) is 5.40. The van der Waals surface area contributed by atoms with E-state index in [0.717, 1.165) is 4.90 Å². The maximum Gasteiger partial charge on any atom is 0.333 e. The van der Waals surface area contributed by atoms with Crippen molar-refractivity contribution in [1.29, 1.82) is 0 Å². The van der Waals surface area contributed by atoms with Gasteiger partial charge >= 0.3 is 5.97 Å². The summed E-state index contributed by atoms with van der Waals surface area (Å²) in [6.07, 6.45) is 0.976. The number of nitrogens with zero attached hydrogens (tertiary/aromatic N) is 2. The van der Waals surface area contributed by atoms with Gasteiger partial charge in [0.05, 0.1) is 16.8 Å². The Morgan fingerprint density at radius 1 is 1.12 bits per heavy atom. The molecule has 0 radical (unpaired) electrons. The number of benzene rings is 2. The summed E-state index contributed by atoms with van der Waals surface area (Å²) in [5.74, 6) is -4.17. The fourth-order valence-electron chi connectivity index (χ4n) is 3.74. The van der Waals surface area contributed by atoms with Crippen LogP contribution in [-0.4, -0.2) is 47.8 Å². The summed E-state index contributed by atoms with van der Waals surface area (Å²) >= 11 is 0. The van der Waals surface area contributed by atoms with Crippen molar-refractivity contribution in [3.63, 3.8) is 0 Å². The van der Waals surface area contributed by atoms with Gasteiger partial charge in [-0.1, -0.05) is 12.1 Å². The molecule has 2 aromatic rings. The molecule has 32 heavy (non-hydrogen) atoms. The number of carbonyl (C=O) groups is 4. The van der Waals surface area contributed by atoms with E-state index in [1.165, 1.54) is 68.5 Å². The Kier molecular flexibility index (Phi) is 6.11. The summed E-state index contributed by atoms with van der Waals surface area (Å²) in [4.78, 5) is 52.2. The molecule has 0 saturated heterocycles. The van der Waals surface area contributed by atoms with Crippen LogP contribution in [0.15, 0.2) is 48.2 Å². The van der Waals surface area contributed by atoms with Gasteiger partial charge in [0.1, 0.15) is 5.82 Å². The summed E-state index contributed by atoms with van der Waals surface area (Å²) in [7, 11) is 3.03. The number of hydrogen-bond donors (Lipinski definition) is 2. The second-order valence-electron chi connectivity index (χ2n) is 7.66. The molecule has 8 nitrogen and oxygen atoms in total. The van der Waals surface area contributed by atoms with Crippen LogP contribution in [0.25, 0.3) is 0 Å². The number of halogens is 1. The van der Waals surface area contributed by atoms with Crippen LogP contribution in [0.4, 0.5) is 10.1 Å². The summed E-state index contributed by atoms with van der Waals surface area (Å²) < 4.78 is 13.3. The van der Waals surface area contributed by atoms with E-state index < -0.39 is 35.4 Å². The zero-order valence-corrected chi connectivity index (χ0v) is 17.8. The quantitative estimate of drug-likeness (QED) is 0.741. The van der Waals surface area contributed by atoms with Gasteiger partial charge < -0.3 is 15.7 Å². The highest BCUT2D eigenvalue weighted by Crippen LogP contribution is 2.37. The molecule has 0 aliphatic carbocycles. The predicted octanol–water partition coefficient (Wildman–Crippen LogP) is 2.42. The van der Waals surface area contributed by atoms with Gasteiger partial charge in [0.2, 0.25) is 11.8 Å². The van der Waals surface area contributed by atoms with E-state index in [0.29, 0.717) is 5.56 Å². The van der Waals surface area contributed by atoms with Crippen LogP contribution >= 0.6 is 0 Å². The molecule has 3 amide bonds. The lowest BCUT2D eigenvalue weighted by Gasteiger charge is -2.31. The average Bonchev–Trinajstić information content (AvgIpc) is 2.72. The van der Waals surface area contributed by atoms with Crippen LogP contribution in [0.3, 0.4) is 0 Å². The molecule has 9 heteroatoms. The Balaban J connectivity index is 2.19. The minimum atomic E-state index is -1.25. The SMILES string of the molecule is Cc1c(C(N)=O)ccc(N2C=C(C(=O)O)[C@H](c3ccc(F)cc3)CC2=O)c1C(=O)N(C)C. The number of amides is 3. The Bertz CT molecular complexity index is 1150. The van der Waals surface area contributed by atoms with Gasteiger partial charge in [0.15, 0.2) is 0 Å². The number of carboxylic acids is 1. The number of anilines is 1. The zero-order valence-electron chi connectivity index (χ0n) is 17.8. The maximum atomic E-state index is 13.3. The molecular formula is C23H22FN3O5. The van der Waals surface area contributed by atoms with Gasteiger partial charge in [0, 0.05) is 38.2 Å². The summed E-state index contributed by atoms with van der Waals surface area (Å²) in [5, 5.41) is 9.80. The molecule has 1 aliphatic rings. The van der Waals surface area contributed by atoms with Gasteiger partial charge in [-0.15, -0.1) is 0 Å². The summed E-state index contributed by atoms with van der Waals surface area (Å²) in [5.41, 5.74) is 6.43. The van der Waals surface area contributed by atoms with Crippen LogP contribution in [0.2, 0.25) is 0 Å². The molecule has 1 atom stereocenters. The number of carboxylic acid groups (broad SMARTS) is 1. The molecule has 0 unspecified atom stereocenters. The molecule has 3 N–H and O–H groups in total. The molecule has 0 saturated carbocycles. The predicted molar refractivity (Wildman–Crippen MR) is 115 cm³/mol. The lowest BCUT2D eigenvalue weighted by molar-refractivity contribution is -0.133. The average molecular weight is 439 g/mol. The van der Waals surface area contributed by atoms with Crippen molar-refractivity contribution in [3.05, 3.63) is 76.2 Å². The maximum absolute atomic E-state index is 13.3. The summed E-state index contributed by atoms with van der Waals surface area (Å²) in [6.45, 7) is 1.54. The highest BCUT2D eigenvalue weighted by Gasteiger charge is 2.35. The molecule has 0 spiro atoms. The van der Waals surface area contributed by atoms with Crippen molar-refractivity contribution in [2.45, 2.75) is 19.3 Å². The van der Waals surface area contributed by atoms with E-state index in [2.05, 4.69) is 0 Å². The van der Waals surface area contributed by atoms with Gasteiger partial charge in [0.25, 0.3) is 5.91 Å². The number of hydrogen-bond acceptors (Lipinski definition) is 4. The Morgan fingerprint density at radius 2 is 1.75 bits per heavy atom. The fourth-order valence-corrected chi connectivity index (χ4v) is 3.74. The standard InChI is InChI=1S/C23H22FN3O5/c1-12-15(21(25)29)8-9-18(20(12)22(30)26(2)3)27-11-17(23(31)32)16(10-19(27)28)13-4-6-14(24)7-5-13/h4-9,11,16H,10H2,1-3H3,(H2,25,29)(H,31,32)/t16-/m0/s1. The molecule has 166 valence electrons. The van der Waals surface area contributed by atoms with Crippen molar-refractivity contribution in [3.8, 4) is 0 Å². The van der Waals surface area contributed by atoms with Gasteiger partial charge in [-0.05, 0) is 42.3 Å². The van der Waals surface area contributed by atoms with Crippen molar-refractivity contribution < 1.29 is 28.7 Å². The van der Waals surface area contributed by atoms with Crippen LogP contribution in [0.5, 0.6) is 0 Å². The highest BCUT2D eigenvalue weighted by atomic mass is 19.1. The van der Waals surface area contributed by atoms with Crippen LogP contribution in [0.1, 0.15) is 44.2 Å². The normalized spacial score (nSPS) is 15.9. The Morgan fingerprint density at radius 3 is 2.28 bits per heavy atom. The van der Waals surface area contributed by atoms with Crippen LogP contribution in [0, 0.1) is 12.7 Å². The van der Waals surface area contributed by atoms with Gasteiger partial charge in [-0.3, -0.25) is 19.3 Å². The molecule has 3 rings (SSSR count). The third-order valence-electron chi connectivity index (χ3n) is 5.40. The highest BCUT2D eigenvalue weighted by molar-refractivity contribution is 6.10. The Labute approximate surface area is 183 Å². The fraction of sp³-hybridized carbons (Fsp3) is 0.217. The lowest BCUT2D eigenvalue weighted by atomic mass is 9.85. The van der Waals surface area contributed by atoms with E-state index in [1.807, 2.05) is 0 Å². The van der Waals surface area contributed by atoms with E-state index >= 15 is 0 Å². The van der Waals surface area contributed by atoms with E-state index in [1.54, 1.807) is 0 Å². The first-order valence-corrected chi connectivity index (χ1v) is 9.70. The van der Waals surface area contributed by atoms with Crippen molar-refractivity contribution >= 4 is 29.4 Å². The van der Waals surface area contributed by atoms with Crippen LogP contribution < -0.4 is 10.6 Å². The number of aliphatic carboxylic acids is 1. The minimum Gasteiger partial charge on any atom is -0.478 e. The molecular weight excluding hydrogens is 417 g/mol. The van der Waals surface area contributed by atoms with E-state index in [4.69, 9.17) is 5.73 Å². The van der Waals surface area contributed by atoms with Crippen molar-refractivity contribution in [2.75, 3.05) is 19.0 Å². The first-order chi connectivity index (χ1) is 15.0. The molecule has 0 aromatic heterocycles. The van der Waals surface area contributed by atoms with Crippen molar-refractivity contribution in [1.82, 2.24) is 4.90 Å². The van der Waals surface area contributed by atoms with Gasteiger partial charge in [-0.2, -0.15) is 0 Å². The largest absolute Gasteiger partial charge is 0.478 e. The second kappa shape index (κ2) is 8.62. The van der Waals surface area contributed by atoms with Crippen molar-refractivity contribution in [2.24, 2.45) is 5.73 Å². The number of primary amides is 1. The summed E-state index contributed by atoms with van der Waals surface area (Å²) in [6, 6.07) is 8.07. The lowest BCUT2D eigenvalue weighted by Crippen LogP contribution is -2.36. The molecule has 1 heterocycles. The molecule has 2 aromatic carbocycles. The molecule has 1 aliphatic heterocycles. The molecule has 0 fully saturated rings. The zero-order chi connectivity index (χ0) is 23.7. The third kappa shape index (κ3) is 4.09. The minimum absolute atomic E-state index is 0.0703. The number of carbonyl (C=O) groups excluding carboxylic acids is 3. The molecule has 0 bridgehead atoms. The van der Waals surface area contributed by atoms with Gasteiger partial charge in [-0.25, -0.2) is 9.18 Å². The smallest absolute Gasteiger partial charge is 0.333 e. The van der Waals surface area contributed by atoms with E-state index in [9.17, 15) is 28.7 Å². The van der Waals surface area contributed by atoms with Crippen LogP contribution in [-0.2, 0) is 9.59 Å². The van der Waals surface area contributed by atoms with E-state index in [-0.39, 0.29) is 34.4 Å². The number of nitrogens with two attached hydrogens (primary N) is 1. The first kappa shape index (κ1) is 22.7. The Hall–Kier alpha value is -4.01. The first-order valence-electron chi connectivity index (χ1n) is 9.70. The number of rotatable bonds is 5. The topological polar surface area (TPSA) is 121 Å². The monoisotopic (exact) mass is 439 g/mol.